The van der Waals surface area contributed by atoms with E-state index in [0.717, 1.165) is 57.2 Å². The quantitative estimate of drug-likeness (QED) is 0.334. The Bertz CT molecular complexity index is 690. The minimum absolute atomic E-state index is 0. The maximum Gasteiger partial charge on any atom is 0.234 e. The maximum atomic E-state index is 12.2. The number of piperidine rings is 2. The lowest BCUT2D eigenvalue weighted by molar-refractivity contribution is -0.124. The fourth-order valence-corrected chi connectivity index (χ4v) is 4.18. The first-order chi connectivity index (χ1) is 14.4. The molecule has 0 unspecified atom stereocenters. The van der Waals surface area contributed by atoms with Gasteiger partial charge in [0.2, 0.25) is 5.91 Å². The molecule has 0 atom stereocenters. The second kappa shape index (κ2) is 12.6. The van der Waals surface area contributed by atoms with Gasteiger partial charge in [0.1, 0.15) is 0 Å². The van der Waals surface area contributed by atoms with E-state index in [2.05, 4.69) is 44.7 Å². The number of benzene rings is 1. The van der Waals surface area contributed by atoms with Crippen LogP contribution in [0.15, 0.2) is 35.3 Å². The Morgan fingerprint density at radius 1 is 1.03 bits per heavy atom. The largest absolute Gasteiger partial charge is 0.350 e. The fraction of sp³-hybridized carbons (Fsp3) is 0.667. The molecular weight excluding hydrogens is 501 g/mol. The standard InChI is InChI=1S/C24H39N5O.HI/c1-24(2,3)27-22(30)19-28-16-12-20(13-17-28)18-25-23(29-14-8-5-9-15-29)26-21-10-6-4-7-11-21;/h4,6-7,10-11,20H,5,8-9,12-19H2,1-3H3,(H,25,26)(H,27,30);1H. The first-order valence-electron chi connectivity index (χ1n) is 11.5. The van der Waals surface area contributed by atoms with E-state index in [4.69, 9.17) is 4.99 Å². The molecule has 2 saturated heterocycles. The number of amides is 1. The van der Waals surface area contributed by atoms with E-state index in [1.165, 1.54) is 19.3 Å². The van der Waals surface area contributed by atoms with Crippen LogP contribution in [0.4, 0.5) is 5.69 Å². The summed E-state index contributed by atoms with van der Waals surface area (Å²) in [5, 5.41) is 6.62. The van der Waals surface area contributed by atoms with Crippen molar-refractivity contribution in [3.8, 4) is 0 Å². The topological polar surface area (TPSA) is 60.0 Å². The van der Waals surface area contributed by atoms with E-state index in [1.807, 2.05) is 26.8 Å². The van der Waals surface area contributed by atoms with Gasteiger partial charge in [-0.2, -0.15) is 0 Å². The molecule has 6 nitrogen and oxygen atoms in total. The number of para-hydroxylation sites is 1. The Hall–Kier alpha value is -1.35. The average Bonchev–Trinajstić information content (AvgIpc) is 2.72. The lowest BCUT2D eigenvalue weighted by Gasteiger charge is -2.33. The molecule has 2 N–H and O–H groups in total. The lowest BCUT2D eigenvalue weighted by atomic mass is 9.97. The molecule has 2 fully saturated rings. The summed E-state index contributed by atoms with van der Waals surface area (Å²) < 4.78 is 0. The van der Waals surface area contributed by atoms with Crippen LogP contribution in [-0.2, 0) is 4.79 Å². The van der Waals surface area contributed by atoms with Crippen molar-refractivity contribution in [1.82, 2.24) is 15.1 Å². The van der Waals surface area contributed by atoms with Crippen LogP contribution in [0, 0.1) is 5.92 Å². The molecule has 0 radical (unpaired) electrons. The van der Waals surface area contributed by atoms with Crippen LogP contribution in [0.3, 0.4) is 0 Å². The normalized spacial score (nSPS) is 18.9. The highest BCUT2D eigenvalue weighted by Crippen LogP contribution is 2.19. The van der Waals surface area contributed by atoms with Crippen molar-refractivity contribution in [3.63, 3.8) is 0 Å². The zero-order valence-electron chi connectivity index (χ0n) is 19.4. The van der Waals surface area contributed by atoms with Crippen molar-refractivity contribution in [3.05, 3.63) is 30.3 Å². The zero-order valence-corrected chi connectivity index (χ0v) is 21.7. The first-order valence-corrected chi connectivity index (χ1v) is 11.5. The molecule has 1 aromatic carbocycles. The summed E-state index contributed by atoms with van der Waals surface area (Å²) in [6.45, 7) is 11.6. The number of carbonyl (C=O) groups excluding carboxylic acids is 1. The van der Waals surface area contributed by atoms with E-state index >= 15 is 0 Å². The van der Waals surface area contributed by atoms with Gasteiger partial charge in [0.25, 0.3) is 0 Å². The monoisotopic (exact) mass is 541 g/mol. The second-order valence-corrected chi connectivity index (χ2v) is 9.72. The molecule has 0 spiro atoms. The SMILES string of the molecule is CC(C)(C)NC(=O)CN1CCC(CN=C(Nc2ccccc2)N2CCCCC2)CC1.I. The van der Waals surface area contributed by atoms with Crippen molar-refractivity contribution in [2.24, 2.45) is 10.9 Å². The van der Waals surface area contributed by atoms with Gasteiger partial charge < -0.3 is 15.5 Å². The number of nitrogens with zero attached hydrogens (tertiary/aromatic N) is 3. The van der Waals surface area contributed by atoms with Gasteiger partial charge in [-0.3, -0.25) is 14.7 Å². The Balaban J connectivity index is 0.00000341. The number of aliphatic imine (C=N–C) groups is 1. The van der Waals surface area contributed by atoms with Crippen LogP contribution in [-0.4, -0.2) is 66.5 Å². The Kier molecular flexibility index (Phi) is 10.6. The number of nitrogens with one attached hydrogen (secondary N) is 2. The Labute approximate surface area is 205 Å². The van der Waals surface area contributed by atoms with E-state index < -0.39 is 0 Å². The van der Waals surface area contributed by atoms with Crippen LogP contribution in [0.5, 0.6) is 0 Å². The Morgan fingerprint density at radius 2 is 1.68 bits per heavy atom. The van der Waals surface area contributed by atoms with E-state index in [-0.39, 0.29) is 35.4 Å². The van der Waals surface area contributed by atoms with Crippen LogP contribution >= 0.6 is 24.0 Å². The maximum absolute atomic E-state index is 12.2. The first kappa shape index (κ1) is 25.9. The summed E-state index contributed by atoms with van der Waals surface area (Å²) in [4.78, 5) is 21.9. The van der Waals surface area contributed by atoms with Gasteiger partial charge in [0.05, 0.1) is 6.54 Å². The summed E-state index contributed by atoms with van der Waals surface area (Å²) in [7, 11) is 0. The predicted molar refractivity (Wildman–Crippen MR) is 140 cm³/mol. The van der Waals surface area contributed by atoms with Crippen molar-refractivity contribution < 1.29 is 4.79 Å². The minimum Gasteiger partial charge on any atom is -0.350 e. The number of rotatable bonds is 5. The number of hydrogen-bond donors (Lipinski definition) is 2. The summed E-state index contributed by atoms with van der Waals surface area (Å²) in [6.07, 6.45) is 6.00. The van der Waals surface area contributed by atoms with Crippen LogP contribution in [0.1, 0.15) is 52.9 Å². The molecule has 0 bridgehead atoms. The van der Waals surface area contributed by atoms with Gasteiger partial charge >= 0.3 is 0 Å². The molecular formula is C24H40IN5O. The summed E-state index contributed by atoms with van der Waals surface area (Å²) in [6, 6.07) is 10.4. The van der Waals surface area contributed by atoms with Crippen LogP contribution in [0.25, 0.3) is 0 Å². The lowest BCUT2D eigenvalue weighted by Crippen LogP contribution is -2.47. The number of carbonyl (C=O) groups is 1. The molecule has 1 aromatic rings. The van der Waals surface area contributed by atoms with Crippen LogP contribution < -0.4 is 10.6 Å². The summed E-state index contributed by atoms with van der Waals surface area (Å²) >= 11 is 0. The third-order valence-corrected chi connectivity index (χ3v) is 5.77. The van der Waals surface area contributed by atoms with Gasteiger partial charge in [0.15, 0.2) is 5.96 Å². The smallest absolute Gasteiger partial charge is 0.234 e. The van der Waals surface area contributed by atoms with E-state index in [9.17, 15) is 4.79 Å². The molecule has 2 aliphatic rings. The van der Waals surface area contributed by atoms with Crippen molar-refractivity contribution in [2.75, 3.05) is 44.6 Å². The van der Waals surface area contributed by atoms with Gasteiger partial charge in [-0.1, -0.05) is 18.2 Å². The number of halogens is 1. The molecule has 174 valence electrons. The van der Waals surface area contributed by atoms with Crippen molar-refractivity contribution in [1.29, 1.82) is 0 Å². The van der Waals surface area contributed by atoms with Crippen molar-refractivity contribution >= 4 is 41.5 Å². The number of anilines is 1. The van der Waals surface area contributed by atoms with Gasteiger partial charge in [-0.25, -0.2) is 0 Å². The molecule has 1 amide bonds. The highest BCUT2D eigenvalue weighted by atomic mass is 127. The Morgan fingerprint density at radius 3 is 2.29 bits per heavy atom. The molecule has 0 aromatic heterocycles. The second-order valence-electron chi connectivity index (χ2n) is 9.72. The predicted octanol–water partition coefficient (Wildman–Crippen LogP) is 4.19. The van der Waals surface area contributed by atoms with E-state index in [1.54, 1.807) is 0 Å². The minimum atomic E-state index is -0.166. The molecule has 7 heteroatoms. The highest BCUT2D eigenvalue weighted by Gasteiger charge is 2.23. The number of guanidine groups is 1. The third kappa shape index (κ3) is 9.35. The number of likely N-dealkylation sites (tertiary alicyclic amines) is 2. The molecule has 2 aliphatic heterocycles. The average molecular weight is 542 g/mol. The van der Waals surface area contributed by atoms with Crippen LogP contribution in [0.2, 0.25) is 0 Å². The summed E-state index contributed by atoms with van der Waals surface area (Å²) in [5.41, 5.74) is 0.933. The number of hydrogen-bond acceptors (Lipinski definition) is 3. The molecule has 2 heterocycles. The fourth-order valence-electron chi connectivity index (χ4n) is 4.18. The van der Waals surface area contributed by atoms with E-state index in [0.29, 0.717) is 12.5 Å². The summed E-state index contributed by atoms with van der Waals surface area (Å²) in [5.74, 6) is 1.73. The third-order valence-electron chi connectivity index (χ3n) is 5.77. The zero-order chi connectivity index (χ0) is 21.4. The molecule has 0 aliphatic carbocycles. The van der Waals surface area contributed by atoms with Gasteiger partial charge in [-0.05, 0) is 84.0 Å². The highest BCUT2D eigenvalue weighted by molar-refractivity contribution is 14.0. The molecule has 31 heavy (non-hydrogen) atoms. The molecule has 3 rings (SSSR count). The van der Waals surface area contributed by atoms with Gasteiger partial charge in [0, 0.05) is 30.9 Å². The van der Waals surface area contributed by atoms with Crippen molar-refractivity contribution in [2.45, 2.75) is 58.4 Å². The molecule has 0 saturated carbocycles. The van der Waals surface area contributed by atoms with Gasteiger partial charge in [-0.15, -0.1) is 24.0 Å².